The van der Waals surface area contributed by atoms with Crippen LogP contribution in [-0.2, 0) is 11.2 Å². The molecule has 1 heterocycles. The highest BCUT2D eigenvalue weighted by Gasteiger charge is 2.08. The molecule has 0 aliphatic carbocycles. The van der Waals surface area contributed by atoms with E-state index in [1.165, 1.54) is 6.07 Å². The highest BCUT2D eigenvalue weighted by atomic mass is 35.5. The van der Waals surface area contributed by atoms with E-state index in [0.29, 0.717) is 21.6 Å². The first-order valence-corrected chi connectivity index (χ1v) is 5.39. The van der Waals surface area contributed by atoms with Crippen LogP contribution in [0.1, 0.15) is 11.3 Å². The van der Waals surface area contributed by atoms with Gasteiger partial charge in [0.1, 0.15) is 0 Å². The predicted octanol–water partition coefficient (Wildman–Crippen LogP) is 2.12. The number of aromatic amines is 1. The summed E-state index contributed by atoms with van der Waals surface area (Å²) >= 11 is 5.96. The average Bonchev–Trinajstić information content (AvgIpc) is 2.23. The van der Waals surface area contributed by atoms with Crippen LogP contribution in [0.25, 0.3) is 10.9 Å². The molecule has 0 unspecified atom stereocenters. The molecule has 0 aliphatic rings. The number of aromatic nitrogens is 1. The van der Waals surface area contributed by atoms with Crippen molar-refractivity contribution in [1.29, 1.82) is 0 Å². The molecule has 0 spiro atoms. The molecule has 5 heteroatoms. The third-order valence-corrected chi connectivity index (χ3v) is 3.01. The van der Waals surface area contributed by atoms with Crippen LogP contribution in [0.3, 0.4) is 0 Å². The van der Waals surface area contributed by atoms with Crippen molar-refractivity contribution in [3.8, 4) is 0 Å². The van der Waals surface area contributed by atoms with Crippen molar-refractivity contribution in [3.63, 3.8) is 0 Å². The third-order valence-electron chi connectivity index (χ3n) is 2.60. The van der Waals surface area contributed by atoms with E-state index >= 15 is 0 Å². The summed E-state index contributed by atoms with van der Waals surface area (Å²) in [6.45, 7) is 1.78. The number of pyridine rings is 1. The Morgan fingerprint density at radius 2 is 2.18 bits per heavy atom. The smallest absolute Gasteiger partial charge is 0.309 e. The van der Waals surface area contributed by atoms with Crippen molar-refractivity contribution in [1.82, 2.24) is 4.98 Å². The second kappa shape index (κ2) is 4.22. The summed E-state index contributed by atoms with van der Waals surface area (Å²) in [4.78, 5) is 25.4. The van der Waals surface area contributed by atoms with Crippen LogP contribution in [0.15, 0.2) is 23.0 Å². The number of carboxylic acid groups (broad SMARTS) is 1. The van der Waals surface area contributed by atoms with Crippen LogP contribution < -0.4 is 5.43 Å². The lowest BCUT2D eigenvalue weighted by molar-refractivity contribution is -0.136. The van der Waals surface area contributed by atoms with E-state index in [1.54, 1.807) is 19.1 Å². The molecule has 0 bridgehead atoms. The zero-order valence-electron chi connectivity index (χ0n) is 9.08. The molecule has 4 nitrogen and oxygen atoms in total. The minimum Gasteiger partial charge on any atom is -0.481 e. The van der Waals surface area contributed by atoms with E-state index in [1.807, 2.05) is 0 Å². The molecule has 2 aromatic rings. The van der Waals surface area contributed by atoms with Gasteiger partial charge in [0.15, 0.2) is 5.43 Å². The summed E-state index contributed by atoms with van der Waals surface area (Å²) in [6.07, 6.45) is -0.211. The number of aliphatic carboxylic acids is 1. The van der Waals surface area contributed by atoms with Crippen molar-refractivity contribution in [2.75, 3.05) is 0 Å². The van der Waals surface area contributed by atoms with Crippen molar-refractivity contribution in [2.45, 2.75) is 13.3 Å². The molecule has 2 N–H and O–H groups in total. The first-order chi connectivity index (χ1) is 7.99. The van der Waals surface area contributed by atoms with Gasteiger partial charge in [0.2, 0.25) is 0 Å². The molecule has 0 radical (unpaired) electrons. The molecular weight excluding hydrogens is 242 g/mol. The van der Waals surface area contributed by atoms with Gasteiger partial charge in [-0.1, -0.05) is 11.6 Å². The Hall–Kier alpha value is -1.81. The fourth-order valence-electron chi connectivity index (χ4n) is 1.74. The average molecular weight is 252 g/mol. The van der Waals surface area contributed by atoms with E-state index in [2.05, 4.69) is 4.98 Å². The molecule has 0 aliphatic heterocycles. The number of rotatable bonds is 2. The number of halogens is 1. The number of hydrogen-bond acceptors (Lipinski definition) is 2. The summed E-state index contributed by atoms with van der Waals surface area (Å²) in [7, 11) is 0. The van der Waals surface area contributed by atoms with Crippen LogP contribution in [-0.4, -0.2) is 16.1 Å². The Labute approximate surface area is 102 Å². The Kier molecular flexibility index (Phi) is 2.90. The van der Waals surface area contributed by atoms with Gasteiger partial charge in [-0.05, 0) is 24.6 Å². The van der Waals surface area contributed by atoms with Crippen molar-refractivity contribution >= 4 is 28.5 Å². The molecule has 2 rings (SSSR count). The Balaban J connectivity index is 2.75. The first kappa shape index (κ1) is 11.7. The van der Waals surface area contributed by atoms with Gasteiger partial charge >= 0.3 is 5.97 Å². The number of aryl methyl sites for hydroxylation is 1. The standard InChI is InChI=1S/C12H10ClNO3/c1-6-9(13)3-2-8-10(15)4-7(5-11(16)17)14-12(6)8/h2-4H,5H2,1H3,(H,14,15)(H,16,17). The van der Waals surface area contributed by atoms with Gasteiger partial charge in [-0.25, -0.2) is 0 Å². The molecule has 1 aromatic carbocycles. The Morgan fingerprint density at radius 3 is 2.82 bits per heavy atom. The van der Waals surface area contributed by atoms with E-state index in [4.69, 9.17) is 16.7 Å². The largest absolute Gasteiger partial charge is 0.481 e. The lowest BCUT2D eigenvalue weighted by Gasteiger charge is -2.06. The molecule has 17 heavy (non-hydrogen) atoms. The maximum Gasteiger partial charge on any atom is 0.309 e. The number of hydrogen-bond donors (Lipinski definition) is 2. The maximum atomic E-state index is 11.8. The number of benzene rings is 1. The minimum absolute atomic E-state index is 0.199. The van der Waals surface area contributed by atoms with Gasteiger partial charge in [-0.2, -0.15) is 0 Å². The fraction of sp³-hybridized carbons (Fsp3) is 0.167. The van der Waals surface area contributed by atoms with E-state index in [0.717, 1.165) is 5.56 Å². The summed E-state index contributed by atoms with van der Waals surface area (Å²) in [5, 5.41) is 9.76. The van der Waals surface area contributed by atoms with E-state index in [9.17, 15) is 9.59 Å². The molecule has 0 fully saturated rings. The Bertz CT molecular complexity index is 661. The number of H-pyrrole nitrogens is 1. The molecule has 88 valence electrons. The summed E-state index contributed by atoms with van der Waals surface area (Å²) in [6, 6.07) is 4.60. The van der Waals surface area contributed by atoms with Gasteiger partial charge in [-0.3, -0.25) is 9.59 Å². The van der Waals surface area contributed by atoms with Gasteiger partial charge in [0, 0.05) is 22.2 Å². The van der Waals surface area contributed by atoms with Crippen LogP contribution >= 0.6 is 11.6 Å². The summed E-state index contributed by atoms with van der Waals surface area (Å²) < 4.78 is 0. The lowest BCUT2D eigenvalue weighted by Crippen LogP contribution is -2.10. The monoisotopic (exact) mass is 251 g/mol. The second-order valence-electron chi connectivity index (χ2n) is 3.82. The van der Waals surface area contributed by atoms with E-state index in [-0.39, 0.29) is 11.8 Å². The molecule has 0 saturated carbocycles. The lowest BCUT2D eigenvalue weighted by atomic mass is 10.1. The normalized spacial score (nSPS) is 10.7. The highest BCUT2D eigenvalue weighted by molar-refractivity contribution is 6.32. The summed E-state index contributed by atoms with van der Waals surface area (Å²) in [5.41, 5.74) is 1.52. The van der Waals surface area contributed by atoms with Gasteiger partial charge in [0.05, 0.1) is 11.9 Å². The molecular formula is C12H10ClNO3. The van der Waals surface area contributed by atoms with Crippen molar-refractivity contribution in [3.05, 3.63) is 44.7 Å². The topological polar surface area (TPSA) is 70.2 Å². The summed E-state index contributed by atoms with van der Waals surface area (Å²) in [5.74, 6) is -0.986. The zero-order chi connectivity index (χ0) is 12.6. The maximum absolute atomic E-state index is 11.8. The highest BCUT2D eigenvalue weighted by Crippen LogP contribution is 2.22. The number of carbonyl (C=O) groups is 1. The quantitative estimate of drug-likeness (QED) is 0.859. The van der Waals surface area contributed by atoms with Crippen molar-refractivity contribution < 1.29 is 9.90 Å². The predicted molar refractivity (Wildman–Crippen MR) is 65.7 cm³/mol. The van der Waals surface area contributed by atoms with Gasteiger partial charge in [0.25, 0.3) is 0 Å². The number of carboxylic acids is 1. The first-order valence-electron chi connectivity index (χ1n) is 5.02. The second-order valence-corrected chi connectivity index (χ2v) is 4.23. The van der Waals surface area contributed by atoms with Crippen LogP contribution in [0.4, 0.5) is 0 Å². The third kappa shape index (κ3) is 2.17. The zero-order valence-corrected chi connectivity index (χ0v) is 9.84. The molecule has 0 saturated heterocycles. The van der Waals surface area contributed by atoms with E-state index < -0.39 is 5.97 Å². The van der Waals surface area contributed by atoms with Gasteiger partial charge < -0.3 is 10.1 Å². The Morgan fingerprint density at radius 1 is 1.47 bits per heavy atom. The minimum atomic E-state index is -0.986. The fourth-order valence-corrected chi connectivity index (χ4v) is 1.90. The SMILES string of the molecule is Cc1c(Cl)ccc2c(=O)cc(CC(=O)O)[nH]c12. The number of nitrogens with one attached hydrogen (secondary N) is 1. The molecule has 1 aromatic heterocycles. The van der Waals surface area contributed by atoms with Crippen LogP contribution in [0.2, 0.25) is 5.02 Å². The molecule has 0 amide bonds. The van der Waals surface area contributed by atoms with Crippen molar-refractivity contribution in [2.24, 2.45) is 0 Å². The number of fused-ring (bicyclic) bond motifs is 1. The van der Waals surface area contributed by atoms with Gasteiger partial charge in [-0.15, -0.1) is 0 Å². The van der Waals surface area contributed by atoms with Crippen LogP contribution in [0, 0.1) is 6.92 Å². The molecule has 0 atom stereocenters. The van der Waals surface area contributed by atoms with Crippen LogP contribution in [0.5, 0.6) is 0 Å².